The summed E-state index contributed by atoms with van der Waals surface area (Å²) in [4.78, 5) is 0. The van der Waals surface area contributed by atoms with E-state index in [-0.39, 0.29) is 11.9 Å². The maximum atomic E-state index is 13.7. The van der Waals surface area contributed by atoms with E-state index in [9.17, 15) is 4.39 Å². The summed E-state index contributed by atoms with van der Waals surface area (Å²) in [5, 5.41) is 3.29. The highest BCUT2D eigenvalue weighted by Crippen LogP contribution is 2.28. The molecule has 1 atom stereocenters. The van der Waals surface area contributed by atoms with Gasteiger partial charge in [-0.1, -0.05) is 19.1 Å². The van der Waals surface area contributed by atoms with Crippen molar-refractivity contribution >= 4 is 0 Å². The van der Waals surface area contributed by atoms with Crippen LogP contribution in [0.1, 0.15) is 41.0 Å². The van der Waals surface area contributed by atoms with Gasteiger partial charge in [-0.05, 0) is 43.7 Å². The van der Waals surface area contributed by atoms with Gasteiger partial charge in [-0.3, -0.25) is 0 Å². The Morgan fingerprint density at radius 2 is 1.89 bits per heavy atom. The molecule has 1 N–H and O–H groups in total. The number of benzene rings is 1. The van der Waals surface area contributed by atoms with Gasteiger partial charge in [-0.15, -0.1) is 0 Å². The van der Waals surface area contributed by atoms with Gasteiger partial charge in [-0.25, -0.2) is 4.39 Å². The van der Waals surface area contributed by atoms with E-state index in [2.05, 4.69) is 12.2 Å². The number of halogens is 1. The summed E-state index contributed by atoms with van der Waals surface area (Å²) in [6.45, 7) is 5.67. The quantitative estimate of drug-likeness (QED) is 0.902. The zero-order valence-corrected chi connectivity index (χ0v) is 11.9. The molecule has 19 heavy (non-hydrogen) atoms. The van der Waals surface area contributed by atoms with E-state index in [1.165, 1.54) is 0 Å². The molecule has 102 valence electrons. The van der Waals surface area contributed by atoms with Gasteiger partial charge in [0.2, 0.25) is 0 Å². The molecule has 0 radical (unpaired) electrons. The lowest BCUT2D eigenvalue weighted by molar-refractivity contribution is 0.504. The van der Waals surface area contributed by atoms with Crippen molar-refractivity contribution in [3.8, 4) is 0 Å². The molecule has 0 saturated heterocycles. The number of aryl methyl sites for hydroxylation is 3. The zero-order chi connectivity index (χ0) is 14.0. The SMILES string of the molecule is CCc1occc1C(NC)c1cc(C)c(F)c(C)c1. The minimum atomic E-state index is -0.124. The lowest BCUT2D eigenvalue weighted by Crippen LogP contribution is -2.18. The van der Waals surface area contributed by atoms with E-state index in [0.29, 0.717) is 11.1 Å². The van der Waals surface area contributed by atoms with Crippen LogP contribution in [-0.4, -0.2) is 7.05 Å². The van der Waals surface area contributed by atoms with E-state index in [1.54, 1.807) is 20.1 Å². The number of nitrogens with one attached hydrogen (secondary N) is 1. The fraction of sp³-hybridized carbons (Fsp3) is 0.375. The Morgan fingerprint density at radius 3 is 2.42 bits per heavy atom. The highest BCUT2D eigenvalue weighted by atomic mass is 19.1. The van der Waals surface area contributed by atoms with Crippen molar-refractivity contribution in [2.24, 2.45) is 0 Å². The predicted molar refractivity (Wildman–Crippen MR) is 74.9 cm³/mol. The third kappa shape index (κ3) is 2.56. The Hall–Kier alpha value is -1.61. The minimum Gasteiger partial charge on any atom is -0.469 e. The molecule has 0 spiro atoms. The van der Waals surface area contributed by atoms with Crippen molar-refractivity contribution in [2.45, 2.75) is 33.2 Å². The minimum absolute atomic E-state index is 0.0340. The van der Waals surface area contributed by atoms with Gasteiger partial charge >= 0.3 is 0 Å². The molecule has 1 unspecified atom stereocenters. The highest BCUT2D eigenvalue weighted by Gasteiger charge is 2.19. The van der Waals surface area contributed by atoms with Crippen molar-refractivity contribution in [3.63, 3.8) is 0 Å². The monoisotopic (exact) mass is 261 g/mol. The van der Waals surface area contributed by atoms with Crippen LogP contribution in [0.3, 0.4) is 0 Å². The van der Waals surface area contributed by atoms with Crippen LogP contribution in [-0.2, 0) is 6.42 Å². The lowest BCUT2D eigenvalue weighted by atomic mass is 9.95. The van der Waals surface area contributed by atoms with Crippen LogP contribution in [0, 0.1) is 19.7 Å². The van der Waals surface area contributed by atoms with Crippen molar-refractivity contribution in [1.82, 2.24) is 5.32 Å². The summed E-state index contributed by atoms with van der Waals surface area (Å²) in [6, 6.07) is 5.81. The standard InChI is InChI=1S/C16H20FNO/c1-5-14-13(6-7-19-14)16(18-4)12-8-10(2)15(17)11(3)9-12/h6-9,16,18H,5H2,1-4H3. The molecule has 0 saturated carbocycles. The predicted octanol–water partition coefficient (Wildman–Crippen LogP) is 3.91. The van der Waals surface area contributed by atoms with E-state index in [0.717, 1.165) is 23.3 Å². The summed E-state index contributed by atoms with van der Waals surface area (Å²) in [5.74, 6) is 0.848. The first-order chi connectivity index (χ1) is 9.08. The molecule has 1 heterocycles. The van der Waals surface area contributed by atoms with Gasteiger partial charge in [0.25, 0.3) is 0 Å². The maximum absolute atomic E-state index is 13.7. The molecule has 3 heteroatoms. The van der Waals surface area contributed by atoms with Crippen LogP contribution in [0.5, 0.6) is 0 Å². The largest absolute Gasteiger partial charge is 0.469 e. The molecule has 2 rings (SSSR count). The summed E-state index contributed by atoms with van der Waals surface area (Å²) < 4.78 is 19.2. The zero-order valence-electron chi connectivity index (χ0n) is 11.9. The van der Waals surface area contributed by atoms with Crippen LogP contribution in [0.25, 0.3) is 0 Å². The third-order valence-electron chi connectivity index (χ3n) is 3.49. The normalized spacial score (nSPS) is 12.7. The van der Waals surface area contributed by atoms with Gasteiger partial charge in [0, 0.05) is 12.0 Å². The Labute approximate surface area is 113 Å². The molecule has 0 aliphatic heterocycles. The highest BCUT2D eigenvalue weighted by molar-refractivity contribution is 5.38. The molecule has 1 aromatic carbocycles. The van der Waals surface area contributed by atoms with Crippen LogP contribution in [0.15, 0.2) is 28.9 Å². The number of hydrogen-bond acceptors (Lipinski definition) is 2. The van der Waals surface area contributed by atoms with E-state index in [1.807, 2.05) is 25.2 Å². The van der Waals surface area contributed by atoms with Crippen molar-refractivity contribution < 1.29 is 8.81 Å². The number of furan rings is 1. The van der Waals surface area contributed by atoms with Gasteiger partial charge in [0.1, 0.15) is 11.6 Å². The summed E-state index contributed by atoms with van der Waals surface area (Å²) in [5.41, 5.74) is 3.54. The number of rotatable bonds is 4. The third-order valence-corrected chi connectivity index (χ3v) is 3.49. The topological polar surface area (TPSA) is 25.2 Å². The smallest absolute Gasteiger partial charge is 0.129 e. The lowest BCUT2D eigenvalue weighted by Gasteiger charge is -2.18. The maximum Gasteiger partial charge on any atom is 0.129 e. The Balaban J connectivity index is 2.48. The second-order valence-electron chi connectivity index (χ2n) is 4.84. The molecule has 2 nitrogen and oxygen atoms in total. The Kier molecular flexibility index (Phi) is 4.05. The van der Waals surface area contributed by atoms with Crippen LogP contribution in [0.4, 0.5) is 4.39 Å². The molecular weight excluding hydrogens is 241 g/mol. The first-order valence-electron chi connectivity index (χ1n) is 6.58. The molecule has 2 aromatic rings. The molecule has 0 amide bonds. The average molecular weight is 261 g/mol. The summed E-state index contributed by atoms with van der Waals surface area (Å²) in [7, 11) is 1.91. The van der Waals surface area contributed by atoms with Crippen molar-refractivity contribution in [1.29, 1.82) is 0 Å². The summed E-state index contributed by atoms with van der Waals surface area (Å²) >= 11 is 0. The van der Waals surface area contributed by atoms with Gasteiger partial charge in [-0.2, -0.15) is 0 Å². The fourth-order valence-electron chi connectivity index (χ4n) is 2.54. The van der Waals surface area contributed by atoms with Crippen LogP contribution < -0.4 is 5.32 Å². The first kappa shape index (κ1) is 13.8. The molecular formula is C16H20FNO. The Morgan fingerprint density at radius 1 is 1.26 bits per heavy atom. The van der Waals surface area contributed by atoms with Gasteiger partial charge in [0.05, 0.1) is 12.3 Å². The van der Waals surface area contributed by atoms with Crippen molar-refractivity contribution in [2.75, 3.05) is 7.05 Å². The fourth-order valence-corrected chi connectivity index (χ4v) is 2.54. The first-order valence-corrected chi connectivity index (χ1v) is 6.58. The van der Waals surface area contributed by atoms with E-state index < -0.39 is 0 Å². The molecule has 0 fully saturated rings. The van der Waals surface area contributed by atoms with Gasteiger partial charge in [0.15, 0.2) is 0 Å². The van der Waals surface area contributed by atoms with Crippen LogP contribution >= 0.6 is 0 Å². The van der Waals surface area contributed by atoms with E-state index >= 15 is 0 Å². The second kappa shape index (κ2) is 5.57. The number of hydrogen-bond donors (Lipinski definition) is 1. The molecule has 0 aliphatic carbocycles. The molecule has 1 aromatic heterocycles. The Bertz CT molecular complexity index is 551. The van der Waals surface area contributed by atoms with E-state index in [4.69, 9.17) is 4.42 Å². The van der Waals surface area contributed by atoms with Crippen molar-refractivity contribution in [3.05, 3.63) is 58.3 Å². The molecule has 0 bridgehead atoms. The average Bonchev–Trinajstić information content (AvgIpc) is 2.85. The summed E-state index contributed by atoms with van der Waals surface area (Å²) in [6.07, 6.45) is 2.56. The molecule has 0 aliphatic rings. The second-order valence-corrected chi connectivity index (χ2v) is 4.84. The van der Waals surface area contributed by atoms with Crippen LogP contribution in [0.2, 0.25) is 0 Å². The van der Waals surface area contributed by atoms with Gasteiger partial charge < -0.3 is 9.73 Å².